The zero-order chi connectivity index (χ0) is 29.4. The number of carbonyl (C=O) groups is 2. The molecule has 0 heterocycles. The van der Waals surface area contributed by atoms with E-state index in [2.05, 4.69) is 20.8 Å². The number of hydrogen-bond donors (Lipinski definition) is 0. The van der Waals surface area contributed by atoms with E-state index in [1.165, 1.54) is 128 Å². The van der Waals surface area contributed by atoms with Crippen molar-refractivity contribution in [3.8, 4) is 0 Å². The van der Waals surface area contributed by atoms with Crippen molar-refractivity contribution in [2.45, 2.75) is 213 Å². The van der Waals surface area contributed by atoms with Gasteiger partial charge in [-0.05, 0) is 25.7 Å². The van der Waals surface area contributed by atoms with Crippen LogP contribution in [0.3, 0.4) is 0 Å². The SMILES string of the molecule is CCCCCCCCCCCCCC(=O)OCC(CCCCCCCCCCCC)OC(=O)CCCCCCC. The van der Waals surface area contributed by atoms with Gasteiger partial charge in [0.05, 0.1) is 0 Å². The van der Waals surface area contributed by atoms with Crippen molar-refractivity contribution < 1.29 is 19.1 Å². The summed E-state index contributed by atoms with van der Waals surface area (Å²) in [6.07, 6.45) is 33.8. The first-order valence-corrected chi connectivity index (χ1v) is 18.0. The molecule has 0 saturated heterocycles. The fourth-order valence-corrected chi connectivity index (χ4v) is 5.35. The molecular weight excluding hydrogens is 496 g/mol. The summed E-state index contributed by atoms with van der Waals surface area (Å²) in [4.78, 5) is 24.8. The maximum atomic E-state index is 12.4. The molecule has 0 spiro atoms. The molecule has 1 unspecified atom stereocenters. The first-order chi connectivity index (χ1) is 19.6. The van der Waals surface area contributed by atoms with Gasteiger partial charge in [0.2, 0.25) is 0 Å². The highest BCUT2D eigenvalue weighted by atomic mass is 16.6. The van der Waals surface area contributed by atoms with Crippen LogP contribution in [-0.4, -0.2) is 24.6 Å². The Morgan fingerprint density at radius 1 is 0.425 bits per heavy atom. The molecule has 0 fully saturated rings. The van der Waals surface area contributed by atoms with Gasteiger partial charge in [0.1, 0.15) is 12.7 Å². The van der Waals surface area contributed by atoms with Gasteiger partial charge in [0, 0.05) is 12.8 Å². The minimum Gasteiger partial charge on any atom is -0.462 e. The summed E-state index contributed by atoms with van der Waals surface area (Å²) in [5.74, 6) is -0.269. The van der Waals surface area contributed by atoms with Crippen molar-refractivity contribution in [3.05, 3.63) is 0 Å². The lowest BCUT2D eigenvalue weighted by atomic mass is 10.0. The Kier molecular flexibility index (Phi) is 31.6. The average molecular weight is 567 g/mol. The molecule has 4 heteroatoms. The third-order valence-electron chi connectivity index (χ3n) is 8.08. The predicted molar refractivity (Wildman–Crippen MR) is 172 cm³/mol. The molecule has 0 aliphatic carbocycles. The molecular formula is C36H70O4. The zero-order valence-electron chi connectivity index (χ0n) is 27.4. The standard InChI is InChI=1S/C36H70O4/c1-4-7-10-13-15-17-19-21-23-26-28-31-35(37)39-33-34(40-36(38)32-29-24-12-9-6-3)30-27-25-22-20-18-16-14-11-8-5-2/h34H,4-33H2,1-3H3. The molecule has 0 aliphatic heterocycles. The number of unbranched alkanes of at least 4 members (excludes halogenated alkanes) is 23. The van der Waals surface area contributed by atoms with Crippen LogP contribution in [0, 0.1) is 0 Å². The molecule has 0 saturated carbocycles. The van der Waals surface area contributed by atoms with Crippen LogP contribution in [0.4, 0.5) is 0 Å². The van der Waals surface area contributed by atoms with E-state index < -0.39 is 0 Å². The van der Waals surface area contributed by atoms with Crippen molar-refractivity contribution >= 4 is 11.9 Å². The van der Waals surface area contributed by atoms with E-state index >= 15 is 0 Å². The lowest BCUT2D eigenvalue weighted by molar-refractivity contribution is -0.159. The van der Waals surface area contributed by atoms with Crippen LogP contribution in [-0.2, 0) is 19.1 Å². The van der Waals surface area contributed by atoms with Crippen LogP contribution in [0.5, 0.6) is 0 Å². The summed E-state index contributed by atoms with van der Waals surface area (Å²) in [7, 11) is 0. The summed E-state index contributed by atoms with van der Waals surface area (Å²) < 4.78 is 11.4. The second-order valence-electron chi connectivity index (χ2n) is 12.2. The molecule has 0 aromatic rings. The largest absolute Gasteiger partial charge is 0.462 e. The highest BCUT2D eigenvalue weighted by Gasteiger charge is 2.17. The summed E-state index contributed by atoms with van der Waals surface area (Å²) >= 11 is 0. The van der Waals surface area contributed by atoms with Gasteiger partial charge < -0.3 is 9.47 Å². The fraction of sp³-hybridized carbons (Fsp3) is 0.944. The smallest absolute Gasteiger partial charge is 0.306 e. The Bertz CT molecular complexity index is 533. The predicted octanol–water partition coefficient (Wildman–Crippen LogP) is 11.8. The summed E-state index contributed by atoms with van der Waals surface area (Å²) in [6, 6.07) is 0. The van der Waals surface area contributed by atoms with Crippen molar-refractivity contribution in [2.75, 3.05) is 6.61 Å². The van der Waals surface area contributed by atoms with Gasteiger partial charge in [0.25, 0.3) is 0 Å². The molecule has 0 rings (SSSR count). The number of hydrogen-bond acceptors (Lipinski definition) is 4. The normalized spacial score (nSPS) is 12.0. The van der Waals surface area contributed by atoms with E-state index in [-0.39, 0.29) is 24.6 Å². The number of carbonyl (C=O) groups excluding carboxylic acids is 2. The molecule has 0 radical (unpaired) electrons. The maximum absolute atomic E-state index is 12.4. The van der Waals surface area contributed by atoms with Crippen LogP contribution in [0.1, 0.15) is 207 Å². The van der Waals surface area contributed by atoms with Gasteiger partial charge in [-0.3, -0.25) is 9.59 Å². The Labute approximate surface area is 250 Å². The van der Waals surface area contributed by atoms with E-state index in [4.69, 9.17) is 9.47 Å². The highest BCUT2D eigenvalue weighted by Crippen LogP contribution is 2.16. The Balaban J connectivity index is 4.10. The number of ether oxygens (including phenoxy) is 2. The molecule has 238 valence electrons. The lowest BCUT2D eigenvalue weighted by Gasteiger charge is -2.18. The topological polar surface area (TPSA) is 52.6 Å². The van der Waals surface area contributed by atoms with Gasteiger partial charge in [0.15, 0.2) is 0 Å². The van der Waals surface area contributed by atoms with Crippen molar-refractivity contribution in [2.24, 2.45) is 0 Å². The van der Waals surface area contributed by atoms with Gasteiger partial charge in [-0.2, -0.15) is 0 Å². The average Bonchev–Trinajstić information content (AvgIpc) is 2.95. The molecule has 0 aromatic carbocycles. The van der Waals surface area contributed by atoms with Crippen LogP contribution in [0.25, 0.3) is 0 Å². The Morgan fingerprint density at radius 3 is 1.15 bits per heavy atom. The minimum absolute atomic E-state index is 0.130. The molecule has 0 aromatic heterocycles. The van der Waals surface area contributed by atoms with Gasteiger partial charge in [-0.25, -0.2) is 0 Å². The first kappa shape index (κ1) is 38.9. The number of esters is 2. The third kappa shape index (κ3) is 29.9. The molecule has 4 nitrogen and oxygen atoms in total. The number of rotatable bonds is 32. The first-order valence-electron chi connectivity index (χ1n) is 18.0. The highest BCUT2D eigenvalue weighted by molar-refractivity contribution is 5.70. The van der Waals surface area contributed by atoms with E-state index in [1.807, 2.05) is 0 Å². The summed E-state index contributed by atoms with van der Waals surface area (Å²) in [6.45, 7) is 6.94. The maximum Gasteiger partial charge on any atom is 0.306 e. The summed E-state index contributed by atoms with van der Waals surface area (Å²) in [5, 5.41) is 0. The minimum atomic E-state index is -0.293. The van der Waals surface area contributed by atoms with E-state index in [0.29, 0.717) is 12.8 Å². The Morgan fingerprint density at radius 2 is 0.750 bits per heavy atom. The quantitative estimate of drug-likeness (QED) is 0.0600. The molecule has 40 heavy (non-hydrogen) atoms. The zero-order valence-corrected chi connectivity index (χ0v) is 27.4. The molecule has 0 bridgehead atoms. The van der Waals surface area contributed by atoms with Crippen LogP contribution >= 0.6 is 0 Å². The molecule has 0 N–H and O–H groups in total. The second-order valence-corrected chi connectivity index (χ2v) is 12.2. The van der Waals surface area contributed by atoms with Crippen LogP contribution < -0.4 is 0 Å². The van der Waals surface area contributed by atoms with Crippen molar-refractivity contribution in [1.29, 1.82) is 0 Å². The Hall–Kier alpha value is -1.06. The van der Waals surface area contributed by atoms with Crippen LogP contribution in [0.2, 0.25) is 0 Å². The second kappa shape index (κ2) is 32.5. The molecule has 0 amide bonds. The fourth-order valence-electron chi connectivity index (χ4n) is 5.35. The van der Waals surface area contributed by atoms with E-state index in [1.54, 1.807) is 0 Å². The van der Waals surface area contributed by atoms with Crippen molar-refractivity contribution in [3.63, 3.8) is 0 Å². The molecule has 0 aliphatic rings. The third-order valence-corrected chi connectivity index (χ3v) is 8.08. The van der Waals surface area contributed by atoms with E-state index in [9.17, 15) is 9.59 Å². The van der Waals surface area contributed by atoms with Gasteiger partial charge in [-0.1, -0.05) is 168 Å². The monoisotopic (exact) mass is 567 g/mol. The van der Waals surface area contributed by atoms with Crippen molar-refractivity contribution in [1.82, 2.24) is 0 Å². The summed E-state index contributed by atoms with van der Waals surface area (Å²) in [5.41, 5.74) is 0. The van der Waals surface area contributed by atoms with Crippen LogP contribution in [0.15, 0.2) is 0 Å². The molecule has 1 atom stereocenters. The van der Waals surface area contributed by atoms with E-state index in [0.717, 1.165) is 44.9 Å². The lowest BCUT2D eigenvalue weighted by Crippen LogP contribution is -2.25. The van der Waals surface area contributed by atoms with Gasteiger partial charge in [-0.15, -0.1) is 0 Å². The van der Waals surface area contributed by atoms with Gasteiger partial charge >= 0.3 is 11.9 Å².